The van der Waals surface area contributed by atoms with E-state index in [1.165, 1.54) is 18.2 Å². The Hall–Kier alpha value is -3.76. The maximum absolute atomic E-state index is 13.1. The zero-order valence-electron chi connectivity index (χ0n) is 18.7. The molecule has 2 aliphatic heterocycles. The molecule has 3 N–H and O–H groups in total. The van der Waals surface area contributed by atoms with Gasteiger partial charge < -0.3 is 15.5 Å². The number of carbonyl (C=O) groups excluding carboxylic acids is 2. The lowest BCUT2D eigenvalue weighted by Crippen LogP contribution is -2.46. The predicted molar refractivity (Wildman–Crippen MR) is 123 cm³/mol. The largest absolute Gasteiger partial charge is 0.337 e. The van der Waals surface area contributed by atoms with Gasteiger partial charge in [-0.1, -0.05) is 6.07 Å². The molecule has 11 heteroatoms. The topological polar surface area (TPSA) is 150 Å². The number of anilines is 3. The van der Waals surface area contributed by atoms with Gasteiger partial charge in [0.05, 0.1) is 16.4 Å². The first-order valence-electron chi connectivity index (χ1n) is 10.9. The molecule has 2 amide bonds. The maximum Gasteiger partial charge on any atom is 0.274 e. The van der Waals surface area contributed by atoms with Crippen molar-refractivity contribution in [2.75, 3.05) is 15.5 Å². The van der Waals surface area contributed by atoms with Gasteiger partial charge in [-0.25, -0.2) is 0 Å². The minimum atomic E-state index is -1.07. The Morgan fingerprint density at radius 2 is 1.94 bits per heavy atom. The smallest absolute Gasteiger partial charge is 0.274 e. The first-order chi connectivity index (χ1) is 15.7. The molecular formula is C22H26N6O5. The van der Waals surface area contributed by atoms with E-state index in [1.54, 1.807) is 6.92 Å². The molecule has 2 aromatic rings. The van der Waals surface area contributed by atoms with Crippen molar-refractivity contribution in [3.8, 4) is 0 Å². The van der Waals surface area contributed by atoms with E-state index in [9.17, 15) is 24.5 Å². The number of carbonyl (C=O) groups is 2. The highest BCUT2D eigenvalue weighted by molar-refractivity contribution is 6.04. The number of hydrogen-bond acceptors (Lipinski definition) is 7. The number of amides is 2. The average Bonchev–Trinajstić information content (AvgIpc) is 2.74. The summed E-state index contributed by atoms with van der Waals surface area (Å²) in [5, 5.41) is 16.4. The Morgan fingerprint density at radius 1 is 1.24 bits per heavy atom. The number of nitro benzene ring substituents is 1. The molecule has 1 aromatic heterocycles. The number of aromatic amines is 1. The second-order valence-corrected chi connectivity index (χ2v) is 8.74. The van der Waals surface area contributed by atoms with E-state index in [1.807, 2.05) is 4.90 Å². The van der Waals surface area contributed by atoms with E-state index in [-0.39, 0.29) is 41.3 Å². The highest BCUT2D eigenvalue weighted by Gasteiger charge is 2.36. The van der Waals surface area contributed by atoms with E-state index in [4.69, 9.17) is 0 Å². The Morgan fingerprint density at radius 3 is 2.61 bits per heavy atom. The van der Waals surface area contributed by atoms with Gasteiger partial charge in [0.2, 0.25) is 17.8 Å². The Kier molecular flexibility index (Phi) is 5.88. The highest BCUT2D eigenvalue weighted by Crippen LogP contribution is 2.33. The van der Waals surface area contributed by atoms with E-state index in [0.29, 0.717) is 11.5 Å². The molecule has 0 bridgehead atoms. The van der Waals surface area contributed by atoms with E-state index < -0.39 is 28.2 Å². The van der Waals surface area contributed by atoms with E-state index >= 15 is 0 Å². The number of piperidine rings is 1. The summed E-state index contributed by atoms with van der Waals surface area (Å²) >= 11 is 0. The zero-order chi connectivity index (χ0) is 23.9. The van der Waals surface area contributed by atoms with Crippen LogP contribution in [0, 0.1) is 17.0 Å². The van der Waals surface area contributed by atoms with Gasteiger partial charge in [0, 0.05) is 35.8 Å². The lowest BCUT2D eigenvalue weighted by atomic mass is 9.92. The van der Waals surface area contributed by atoms with Crippen molar-refractivity contribution in [2.45, 2.75) is 64.5 Å². The molecule has 3 heterocycles. The Bertz CT molecular complexity index is 1180. The SMILES string of the molecule is Cc1ccc(NC(=O)C2CC(=O)Nc3nc(N4C(C)CCCC4C)[nH]c(=O)c32)cc1[N+](=O)[O-]. The van der Waals surface area contributed by atoms with Crippen LogP contribution in [-0.2, 0) is 9.59 Å². The summed E-state index contributed by atoms with van der Waals surface area (Å²) in [6.07, 6.45) is 2.79. The van der Waals surface area contributed by atoms with Crippen LogP contribution >= 0.6 is 0 Å². The molecule has 0 spiro atoms. The Labute approximate surface area is 189 Å². The van der Waals surface area contributed by atoms with Crippen molar-refractivity contribution >= 4 is 35.0 Å². The van der Waals surface area contributed by atoms with Crippen LogP contribution in [0.15, 0.2) is 23.0 Å². The molecule has 1 fully saturated rings. The van der Waals surface area contributed by atoms with E-state index in [0.717, 1.165) is 19.3 Å². The molecule has 1 saturated heterocycles. The summed E-state index contributed by atoms with van der Waals surface area (Å²) in [7, 11) is 0. The van der Waals surface area contributed by atoms with Crippen LogP contribution in [0.5, 0.6) is 0 Å². The van der Waals surface area contributed by atoms with Gasteiger partial charge in [-0.2, -0.15) is 4.98 Å². The number of benzene rings is 1. The molecule has 0 radical (unpaired) electrons. The number of nitro groups is 1. The normalized spacial score (nSPS) is 22.3. The maximum atomic E-state index is 13.1. The van der Waals surface area contributed by atoms with Crippen molar-refractivity contribution in [3.05, 3.63) is 49.8 Å². The molecule has 2 aliphatic rings. The third-order valence-electron chi connectivity index (χ3n) is 6.37. The van der Waals surface area contributed by atoms with Crippen molar-refractivity contribution in [2.24, 2.45) is 0 Å². The molecule has 1 aromatic carbocycles. The lowest BCUT2D eigenvalue weighted by molar-refractivity contribution is -0.385. The third kappa shape index (κ3) is 4.30. The monoisotopic (exact) mass is 454 g/mol. The molecule has 11 nitrogen and oxygen atoms in total. The first-order valence-corrected chi connectivity index (χ1v) is 10.9. The van der Waals surface area contributed by atoms with Gasteiger partial charge in [-0.05, 0) is 46.1 Å². The number of hydrogen-bond donors (Lipinski definition) is 3. The molecule has 0 saturated carbocycles. The highest BCUT2D eigenvalue weighted by atomic mass is 16.6. The van der Waals surface area contributed by atoms with Crippen LogP contribution in [-0.4, -0.2) is 38.8 Å². The van der Waals surface area contributed by atoms with Gasteiger partial charge in [-0.15, -0.1) is 0 Å². The zero-order valence-corrected chi connectivity index (χ0v) is 18.7. The van der Waals surface area contributed by atoms with Crippen molar-refractivity contribution in [1.82, 2.24) is 9.97 Å². The second kappa shape index (κ2) is 8.64. The van der Waals surface area contributed by atoms with Crippen molar-refractivity contribution in [3.63, 3.8) is 0 Å². The van der Waals surface area contributed by atoms with Crippen LogP contribution in [0.3, 0.4) is 0 Å². The number of fused-ring (bicyclic) bond motifs is 1. The number of aryl methyl sites for hydroxylation is 1. The van der Waals surface area contributed by atoms with Crippen LogP contribution in [0.4, 0.5) is 23.1 Å². The molecule has 4 rings (SSSR count). The fraction of sp³-hybridized carbons (Fsp3) is 0.455. The fourth-order valence-corrected chi connectivity index (χ4v) is 4.66. The van der Waals surface area contributed by atoms with Crippen LogP contribution in [0.2, 0.25) is 0 Å². The lowest BCUT2D eigenvalue weighted by Gasteiger charge is -2.39. The molecular weight excluding hydrogens is 428 g/mol. The number of aromatic nitrogens is 2. The molecule has 33 heavy (non-hydrogen) atoms. The van der Waals surface area contributed by atoms with Gasteiger partial charge >= 0.3 is 0 Å². The fourth-order valence-electron chi connectivity index (χ4n) is 4.66. The molecule has 3 unspecified atom stereocenters. The van der Waals surface area contributed by atoms with Gasteiger partial charge in [0.25, 0.3) is 11.2 Å². The van der Waals surface area contributed by atoms with Crippen molar-refractivity contribution < 1.29 is 14.5 Å². The summed E-state index contributed by atoms with van der Waals surface area (Å²) in [4.78, 5) is 58.5. The van der Waals surface area contributed by atoms with Gasteiger partial charge in [0.1, 0.15) is 5.82 Å². The van der Waals surface area contributed by atoms with Gasteiger partial charge in [0.15, 0.2) is 0 Å². The number of rotatable bonds is 4. The first kappa shape index (κ1) is 22.4. The summed E-state index contributed by atoms with van der Waals surface area (Å²) in [5.41, 5.74) is 0.116. The summed E-state index contributed by atoms with van der Waals surface area (Å²) < 4.78 is 0. The number of H-pyrrole nitrogens is 1. The second-order valence-electron chi connectivity index (χ2n) is 8.74. The quantitative estimate of drug-likeness (QED) is 0.475. The molecule has 3 atom stereocenters. The standard InChI is InChI=1S/C22H26N6O5/c1-11-7-8-14(9-16(11)28(32)33)23-20(30)15-10-17(29)24-19-18(15)21(31)26-22(25-19)27-12(2)5-4-6-13(27)3/h7-9,12-13,15H,4-6,10H2,1-3H3,(H,23,30)(H2,24,25,26,29,31). The average molecular weight is 454 g/mol. The summed E-state index contributed by atoms with van der Waals surface area (Å²) in [5.74, 6) is -1.67. The predicted octanol–water partition coefficient (Wildman–Crippen LogP) is 2.82. The van der Waals surface area contributed by atoms with E-state index in [2.05, 4.69) is 34.4 Å². The van der Waals surface area contributed by atoms with Crippen LogP contribution in [0.25, 0.3) is 0 Å². The minimum absolute atomic E-state index is 0.0741. The molecule has 174 valence electrons. The van der Waals surface area contributed by atoms with Gasteiger partial charge in [-0.3, -0.25) is 29.5 Å². The number of nitrogens with zero attached hydrogens (tertiary/aromatic N) is 3. The summed E-state index contributed by atoms with van der Waals surface area (Å²) in [6.45, 7) is 5.72. The van der Waals surface area contributed by atoms with Crippen molar-refractivity contribution in [1.29, 1.82) is 0 Å². The van der Waals surface area contributed by atoms with Crippen LogP contribution < -0.4 is 21.1 Å². The molecule has 0 aliphatic carbocycles. The van der Waals surface area contributed by atoms with Crippen LogP contribution in [0.1, 0.15) is 56.6 Å². The Balaban J connectivity index is 1.67. The number of nitrogens with one attached hydrogen (secondary N) is 3. The minimum Gasteiger partial charge on any atom is -0.337 e. The third-order valence-corrected chi connectivity index (χ3v) is 6.37. The summed E-state index contributed by atoms with van der Waals surface area (Å²) in [6, 6.07) is 4.66.